The summed E-state index contributed by atoms with van der Waals surface area (Å²) in [5.74, 6) is -1.21. The van der Waals surface area contributed by atoms with E-state index in [1.54, 1.807) is 41.3 Å². The van der Waals surface area contributed by atoms with Crippen molar-refractivity contribution < 1.29 is 97.0 Å². The number of aliphatic hydroxyl groups excluding tert-OH is 3. The molecule has 4 aliphatic heterocycles. The number of rotatable bonds is 16. The fourth-order valence-electron chi connectivity index (χ4n) is 15.2. The Hall–Kier alpha value is -2.55. The Morgan fingerprint density at radius 2 is 1.23 bits per heavy atom. The van der Waals surface area contributed by atoms with E-state index in [2.05, 4.69) is 6.92 Å². The smallest absolute Gasteiger partial charge is 0.331 e. The van der Waals surface area contributed by atoms with E-state index in [1.165, 1.54) is 20.1 Å². The molecular weight excluding hydrogens is 1020 g/mol. The highest BCUT2D eigenvalue weighted by molar-refractivity contribution is 5.87. The van der Waals surface area contributed by atoms with E-state index in [-0.39, 0.29) is 31.8 Å². The first kappa shape index (κ1) is 60.1. The lowest BCUT2D eigenvalue weighted by atomic mass is 9.42. The Morgan fingerprint density at radius 1 is 0.679 bits per heavy atom. The first-order chi connectivity index (χ1) is 37.0. The monoisotopic (exact) mass is 1100 g/mol. The quantitative estimate of drug-likeness (QED) is 0.0777. The zero-order valence-electron chi connectivity index (χ0n) is 47.2. The molecule has 20 nitrogen and oxygen atoms in total. The summed E-state index contributed by atoms with van der Waals surface area (Å²) in [7, 11) is 6.25. The van der Waals surface area contributed by atoms with Gasteiger partial charge in [0.1, 0.15) is 59.5 Å². The van der Waals surface area contributed by atoms with Gasteiger partial charge in [0.15, 0.2) is 25.2 Å². The number of aliphatic hydroxyl groups is 6. The standard InChI is InChI=1S/C58H88O20/c1-30-47(61)52(69-11)48(62)53(73-30)78-51-33(4)72-46(28-40(51)68-10)77-50-32(3)71-45(27-39(50)67-9)76-49-31(2)70-44(26-38(49)66-8)74-37-20-21-54(6)36(25-37)19-22-57(64)41(54)29-42(75-43(60)18-17-35-15-13-12-14-16-35)55(7)56(63,34(5)59)23-24-58(55,57)65/h12-19,30-34,37-42,44-53,59,61-65H,20-29H2,1-11H3/b18-17+/t30-,31-,32-,33-,34?,37+,38+,39+,40-,41-,42-,44+,45+,46+,47+,48-,49-,50-,51-,52+,53+,54+,55-,56?,57+,58-/m1/s1. The molecule has 1 aromatic carbocycles. The third-order valence-corrected chi connectivity index (χ3v) is 19.8. The molecule has 440 valence electrons. The lowest BCUT2D eigenvalue weighted by Gasteiger charge is -2.67. The van der Waals surface area contributed by atoms with Crippen LogP contribution in [0.2, 0.25) is 0 Å². The van der Waals surface area contributed by atoms with Crippen LogP contribution >= 0.6 is 0 Å². The van der Waals surface area contributed by atoms with Gasteiger partial charge >= 0.3 is 5.97 Å². The zero-order chi connectivity index (χ0) is 56.3. The van der Waals surface area contributed by atoms with Crippen molar-refractivity contribution in [3.63, 3.8) is 0 Å². The maximum absolute atomic E-state index is 13.6. The van der Waals surface area contributed by atoms with E-state index >= 15 is 0 Å². The molecule has 0 aromatic heterocycles. The summed E-state index contributed by atoms with van der Waals surface area (Å²) < 4.78 is 81.1. The van der Waals surface area contributed by atoms with E-state index in [1.807, 2.05) is 57.2 Å². The second kappa shape index (κ2) is 23.6. The van der Waals surface area contributed by atoms with Gasteiger partial charge in [-0.3, -0.25) is 0 Å². The summed E-state index contributed by atoms with van der Waals surface area (Å²) in [4.78, 5) is 13.6. The number of hydrogen-bond acceptors (Lipinski definition) is 20. The zero-order valence-corrected chi connectivity index (χ0v) is 47.2. The van der Waals surface area contributed by atoms with Gasteiger partial charge in [0.25, 0.3) is 0 Å². The normalized spacial score (nSPS) is 49.1. The first-order valence-corrected chi connectivity index (χ1v) is 28.2. The summed E-state index contributed by atoms with van der Waals surface area (Å²) in [5, 5.41) is 70.8. The van der Waals surface area contributed by atoms with Crippen LogP contribution < -0.4 is 0 Å². The predicted molar refractivity (Wildman–Crippen MR) is 278 cm³/mol. The summed E-state index contributed by atoms with van der Waals surface area (Å²) in [6.07, 6.45) is -5.94. The summed E-state index contributed by atoms with van der Waals surface area (Å²) in [5.41, 5.74) is -5.84. The number of ether oxygens (including phenoxy) is 13. The van der Waals surface area contributed by atoms with Gasteiger partial charge in [-0.2, -0.15) is 0 Å². The number of benzene rings is 1. The van der Waals surface area contributed by atoms with Crippen LogP contribution in [0.5, 0.6) is 0 Å². The molecule has 6 N–H and O–H groups in total. The third kappa shape index (κ3) is 10.6. The number of carbonyl (C=O) groups is 1. The molecule has 1 aromatic rings. The van der Waals surface area contributed by atoms with Gasteiger partial charge in [-0.25, -0.2) is 4.79 Å². The number of esters is 1. The molecule has 7 fully saturated rings. The number of methoxy groups -OCH3 is 4. The summed E-state index contributed by atoms with van der Waals surface area (Å²) >= 11 is 0. The molecule has 4 aliphatic carbocycles. The van der Waals surface area contributed by atoms with Gasteiger partial charge < -0.3 is 92.2 Å². The van der Waals surface area contributed by atoms with Crippen molar-refractivity contribution in [3.8, 4) is 0 Å². The maximum atomic E-state index is 13.6. The second-order valence-corrected chi connectivity index (χ2v) is 23.9. The number of fused-ring (bicyclic) bond motifs is 5. The molecule has 0 spiro atoms. The highest BCUT2D eigenvalue weighted by Gasteiger charge is 2.81. The number of hydrogen-bond donors (Lipinski definition) is 6. The fourth-order valence-corrected chi connectivity index (χ4v) is 15.2. The van der Waals surface area contributed by atoms with Crippen LogP contribution in [0.3, 0.4) is 0 Å². The van der Waals surface area contributed by atoms with Gasteiger partial charge in [-0.15, -0.1) is 0 Å². The molecule has 8 aliphatic rings. The topological polar surface area (TPSA) is 258 Å². The Labute approximate surface area is 458 Å². The average molecular weight is 1110 g/mol. The first-order valence-electron chi connectivity index (χ1n) is 28.2. The van der Waals surface area contributed by atoms with Gasteiger partial charge in [-0.05, 0) is 96.6 Å². The van der Waals surface area contributed by atoms with E-state index in [9.17, 15) is 35.4 Å². The van der Waals surface area contributed by atoms with Crippen molar-refractivity contribution in [2.24, 2.45) is 16.7 Å². The van der Waals surface area contributed by atoms with Crippen LogP contribution in [-0.2, 0) is 66.4 Å². The molecule has 20 heteroatoms. The van der Waals surface area contributed by atoms with Gasteiger partial charge in [0, 0.05) is 59.7 Å². The minimum absolute atomic E-state index is 0.00562. The minimum Gasteiger partial charge on any atom is -0.458 e. The Bertz CT molecular complexity index is 2250. The highest BCUT2D eigenvalue weighted by Crippen LogP contribution is 2.71. The molecule has 0 bridgehead atoms. The molecule has 26 atom stereocenters. The fraction of sp³-hybridized carbons (Fsp3) is 0.810. The predicted octanol–water partition coefficient (Wildman–Crippen LogP) is 4.00. The van der Waals surface area contributed by atoms with E-state index in [4.69, 9.17) is 61.6 Å². The molecule has 0 radical (unpaired) electrons. The third-order valence-electron chi connectivity index (χ3n) is 19.8. The second-order valence-electron chi connectivity index (χ2n) is 23.9. The Balaban J connectivity index is 0.809. The van der Waals surface area contributed by atoms with Crippen molar-refractivity contribution in [2.75, 3.05) is 28.4 Å². The van der Waals surface area contributed by atoms with Crippen LogP contribution in [0.4, 0.5) is 0 Å². The van der Waals surface area contributed by atoms with E-state index < -0.39 is 156 Å². The van der Waals surface area contributed by atoms with Crippen molar-refractivity contribution in [1.29, 1.82) is 0 Å². The van der Waals surface area contributed by atoms with Crippen molar-refractivity contribution in [3.05, 3.63) is 53.6 Å². The van der Waals surface area contributed by atoms with Gasteiger partial charge in [0.05, 0.1) is 60.4 Å². The van der Waals surface area contributed by atoms with Gasteiger partial charge in [0.2, 0.25) is 0 Å². The molecule has 4 heterocycles. The van der Waals surface area contributed by atoms with Crippen LogP contribution in [0.25, 0.3) is 6.08 Å². The highest BCUT2D eigenvalue weighted by atomic mass is 16.8. The largest absolute Gasteiger partial charge is 0.458 e. The van der Waals surface area contributed by atoms with Crippen LogP contribution in [0.15, 0.2) is 48.1 Å². The summed E-state index contributed by atoms with van der Waals surface area (Å²) in [6.45, 7) is 12.6. The lowest BCUT2D eigenvalue weighted by molar-refractivity contribution is -0.356. The van der Waals surface area contributed by atoms with Crippen LogP contribution in [-0.4, -0.2) is 205 Å². The molecule has 3 saturated carbocycles. The molecule has 9 rings (SSSR count). The molecule has 2 unspecified atom stereocenters. The van der Waals surface area contributed by atoms with Crippen LogP contribution in [0, 0.1) is 16.7 Å². The molecule has 78 heavy (non-hydrogen) atoms. The molecule has 4 saturated heterocycles. The van der Waals surface area contributed by atoms with Gasteiger partial charge in [-0.1, -0.05) is 55.8 Å². The lowest BCUT2D eigenvalue weighted by Crippen LogP contribution is -2.78. The van der Waals surface area contributed by atoms with Crippen molar-refractivity contribution >= 4 is 12.0 Å². The average Bonchev–Trinajstić information content (AvgIpc) is 3.77. The van der Waals surface area contributed by atoms with Crippen molar-refractivity contribution in [1.82, 2.24) is 0 Å². The summed E-state index contributed by atoms with van der Waals surface area (Å²) in [6, 6.07) is 9.34. The van der Waals surface area contributed by atoms with Crippen LogP contribution in [0.1, 0.15) is 118 Å². The number of carbonyl (C=O) groups excluding carboxylic acids is 1. The Kier molecular flexibility index (Phi) is 18.2. The SMILES string of the molecule is CO[C@H]1[C@@H](O)[C@@H](C)O[C@@H](O[C@@H]2[C@@H](C)O[C@@H](O[C@H]3[C@@H](OC)C[C@H](O[C@H]4[C@@H](OC)C[C@H](O[C@H]5CC[C@@]6(C)C(=CC[C@]7(O)[C@@H]6C[C@@H](OC(=O)/C=C/c6ccccc6)[C@]6(C)C(O)(C(C)O)CC[C@]76O)C5)O[C@@H]4C)O[C@@H]3C)C[C@H]2OC)[C@@H]1O. The van der Waals surface area contributed by atoms with E-state index in [0.717, 1.165) is 11.1 Å². The molecular formula is C58H88O20. The Morgan fingerprint density at radius 3 is 1.77 bits per heavy atom. The van der Waals surface area contributed by atoms with E-state index in [0.29, 0.717) is 38.5 Å². The minimum atomic E-state index is -1.92. The molecule has 0 amide bonds. The van der Waals surface area contributed by atoms with Crippen molar-refractivity contribution in [2.45, 2.75) is 252 Å². The maximum Gasteiger partial charge on any atom is 0.331 e.